The first-order chi connectivity index (χ1) is 10.7. The summed E-state index contributed by atoms with van der Waals surface area (Å²) in [5.74, 6) is 0. The normalized spacial score (nSPS) is 12.6. The predicted molar refractivity (Wildman–Crippen MR) is 82.6 cm³/mol. The number of hydrogen-bond acceptors (Lipinski definition) is 3. The number of carbonyl (C=O) groups excluding carboxylic acids is 1. The maximum Gasteiger partial charge on any atom is 0.414 e. The third kappa shape index (κ3) is 7.23. The second kappa shape index (κ2) is 8.61. The van der Waals surface area contributed by atoms with E-state index in [4.69, 9.17) is 5.11 Å². The van der Waals surface area contributed by atoms with Gasteiger partial charge in [0.25, 0.3) is 0 Å². The Morgan fingerprint density at radius 1 is 1.17 bits per heavy atom. The second-order valence-electron chi connectivity index (χ2n) is 5.34. The van der Waals surface area contributed by atoms with Crippen LogP contribution < -0.4 is 15.5 Å². The molecule has 130 valence electrons. The molecule has 23 heavy (non-hydrogen) atoms. The summed E-state index contributed by atoms with van der Waals surface area (Å²) in [6, 6.07) is 7.29. The van der Waals surface area contributed by atoms with Gasteiger partial charge in [0, 0.05) is 32.9 Å². The first-order valence-corrected chi connectivity index (χ1v) is 7.23. The molecule has 1 aromatic rings. The summed E-state index contributed by atoms with van der Waals surface area (Å²) in [5, 5.41) is 13.6. The SMILES string of the molecule is CN(C)c1ccc(CCNC(=O)NCCC(O)C(F)(F)F)cc1. The molecule has 0 fully saturated rings. The van der Waals surface area contributed by atoms with Gasteiger partial charge in [0.15, 0.2) is 6.10 Å². The van der Waals surface area contributed by atoms with E-state index in [0.717, 1.165) is 11.3 Å². The first-order valence-electron chi connectivity index (χ1n) is 7.23. The van der Waals surface area contributed by atoms with Gasteiger partial charge < -0.3 is 20.6 Å². The third-order valence-corrected chi connectivity index (χ3v) is 3.23. The summed E-state index contributed by atoms with van der Waals surface area (Å²) in [5.41, 5.74) is 2.12. The fourth-order valence-corrected chi connectivity index (χ4v) is 1.83. The zero-order chi connectivity index (χ0) is 17.5. The Morgan fingerprint density at radius 2 is 1.74 bits per heavy atom. The van der Waals surface area contributed by atoms with Crippen LogP contribution in [0.3, 0.4) is 0 Å². The maximum absolute atomic E-state index is 12.1. The zero-order valence-corrected chi connectivity index (χ0v) is 13.2. The number of nitrogens with one attached hydrogen (secondary N) is 2. The van der Waals surface area contributed by atoms with Crippen LogP contribution in [0.5, 0.6) is 0 Å². The van der Waals surface area contributed by atoms with Gasteiger partial charge in [0.1, 0.15) is 0 Å². The van der Waals surface area contributed by atoms with Crippen molar-refractivity contribution in [2.24, 2.45) is 0 Å². The van der Waals surface area contributed by atoms with Crippen LogP contribution in [-0.4, -0.2) is 50.6 Å². The number of alkyl halides is 3. The quantitative estimate of drug-likeness (QED) is 0.714. The first kappa shape index (κ1) is 19.1. The molecule has 1 atom stereocenters. The Labute approximate surface area is 133 Å². The van der Waals surface area contributed by atoms with Crippen molar-refractivity contribution in [3.8, 4) is 0 Å². The third-order valence-electron chi connectivity index (χ3n) is 3.23. The number of nitrogens with zero attached hydrogens (tertiary/aromatic N) is 1. The Morgan fingerprint density at radius 3 is 2.26 bits per heavy atom. The predicted octanol–water partition coefficient (Wildman–Crippen LogP) is 1.91. The molecule has 0 aliphatic heterocycles. The van der Waals surface area contributed by atoms with E-state index >= 15 is 0 Å². The summed E-state index contributed by atoms with van der Waals surface area (Å²) >= 11 is 0. The smallest absolute Gasteiger partial charge is 0.384 e. The minimum Gasteiger partial charge on any atom is -0.384 e. The molecule has 0 spiro atoms. The highest BCUT2D eigenvalue weighted by Crippen LogP contribution is 2.21. The second-order valence-corrected chi connectivity index (χ2v) is 5.34. The highest BCUT2D eigenvalue weighted by atomic mass is 19.4. The van der Waals surface area contributed by atoms with Crippen molar-refractivity contribution in [2.45, 2.75) is 25.1 Å². The molecule has 2 amide bonds. The lowest BCUT2D eigenvalue weighted by Gasteiger charge is -2.15. The van der Waals surface area contributed by atoms with Gasteiger partial charge in [-0.05, 0) is 30.5 Å². The van der Waals surface area contributed by atoms with Crippen LogP contribution in [0.25, 0.3) is 0 Å². The average molecular weight is 333 g/mol. The highest BCUT2D eigenvalue weighted by Gasteiger charge is 2.37. The number of aliphatic hydroxyl groups is 1. The lowest BCUT2D eigenvalue weighted by atomic mass is 10.1. The molecule has 1 aromatic carbocycles. The summed E-state index contributed by atoms with van der Waals surface area (Å²) in [6.07, 6.45) is -7.02. The van der Waals surface area contributed by atoms with Crippen LogP contribution in [0.2, 0.25) is 0 Å². The lowest BCUT2D eigenvalue weighted by Crippen LogP contribution is -2.39. The number of rotatable bonds is 7. The van der Waals surface area contributed by atoms with E-state index in [9.17, 15) is 18.0 Å². The molecule has 1 unspecified atom stereocenters. The Bertz CT molecular complexity index is 490. The van der Waals surface area contributed by atoms with Gasteiger partial charge in [0.05, 0.1) is 0 Å². The number of halogens is 3. The lowest BCUT2D eigenvalue weighted by molar-refractivity contribution is -0.204. The molecular formula is C15H22F3N3O2. The van der Waals surface area contributed by atoms with Crippen LogP contribution in [0.15, 0.2) is 24.3 Å². The van der Waals surface area contributed by atoms with Crippen molar-refractivity contribution in [2.75, 3.05) is 32.1 Å². The van der Waals surface area contributed by atoms with Gasteiger partial charge in [-0.3, -0.25) is 0 Å². The molecular weight excluding hydrogens is 311 g/mol. The monoisotopic (exact) mass is 333 g/mol. The number of anilines is 1. The van der Waals surface area contributed by atoms with E-state index in [-0.39, 0.29) is 6.54 Å². The molecule has 5 nitrogen and oxygen atoms in total. The van der Waals surface area contributed by atoms with E-state index in [1.54, 1.807) is 0 Å². The van der Waals surface area contributed by atoms with E-state index < -0.39 is 24.7 Å². The van der Waals surface area contributed by atoms with Crippen LogP contribution in [-0.2, 0) is 6.42 Å². The van der Waals surface area contributed by atoms with Crippen molar-refractivity contribution in [1.29, 1.82) is 0 Å². The van der Waals surface area contributed by atoms with Crippen LogP contribution in [0, 0.1) is 0 Å². The topological polar surface area (TPSA) is 64.6 Å². The number of hydrogen-bond donors (Lipinski definition) is 3. The standard InChI is InChI=1S/C15H22F3N3O2/c1-21(2)12-5-3-11(4-6-12)7-9-19-14(23)20-10-8-13(22)15(16,17)18/h3-6,13,22H,7-10H2,1-2H3,(H2,19,20,23). The molecule has 0 radical (unpaired) electrons. The molecule has 0 heterocycles. The summed E-state index contributed by atoms with van der Waals surface area (Å²) < 4.78 is 36.2. The number of amides is 2. The highest BCUT2D eigenvalue weighted by molar-refractivity contribution is 5.73. The van der Waals surface area contributed by atoms with Gasteiger partial charge in [-0.25, -0.2) is 4.79 Å². The Kier molecular flexibility index (Phi) is 7.15. The van der Waals surface area contributed by atoms with Gasteiger partial charge in [0.2, 0.25) is 0 Å². The average Bonchev–Trinajstić information content (AvgIpc) is 2.46. The molecule has 0 aromatic heterocycles. The fourth-order valence-electron chi connectivity index (χ4n) is 1.83. The molecule has 1 rings (SSSR count). The summed E-state index contributed by atoms with van der Waals surface area (Å²) in [6.45, 7) is 0.124. The van der Waals surface area contributed by atoms with Crippen molar-refractivity contribution >= 4 is 11.7 Å². The molecule has 0 aliphatic carbocycles. The minimum atomic E-state index is -4.66. The van der Waals surface area contributed by atoms with Crippen molar-refractivity contribution in [3.05, 3.63) is 29.8 Å². The van der Waals surface area contributed by atoms with Crippen LogP contribution in [0.4, 0.5) is 23.7 Å². The summed E-state index contributed by atoms with van der Waals surface area (Å²) in [4.78, 5) is 13.4. The van der Waals surface area contributed by atoms with E-state index in [1.165, 1.54) is 0 Å². The van der Waals surface area contributed by atoms with E-state index in [0.29, 0.717) is 13.0 Å². The number of aliphatic hydroxyl groups excluding tert-OH is 1. The number of urea groups is 1. The van der Waals surface area contributed by atoms with Gasteiger partial charge in [-0.15, -0.1) is 0 Å². The van der Waals surface area contributed by atoms with Gasteiger partial charge >= 0.3 is 12.2 Å². The van der Waals surface area contributed by atoms with E-state index in [1.807, 2.05) is 43.3 Å². The van der Waals surface area contributed by atoms with Crippen molar-refractivity contribution in [1.82, 2.24) is 10.6 Å². The largest absolute Gasteiger partial charge is 0.414 e. The number of carbonyl (C=O) groups is 1. The molecule has 0 bridgehead atoms. The summed E-state index contributed by atoms with van der Waals surface area (Å²) in [7, 11) is 3.88. The molecule has 0 saturated heterocycles. The zero-order valence-electron chi connectivity index (χ0n) is 13.2. The molecule has 3 N–H and O–H groups in total. The molecule has 8 heteroatoms. The van der Waals surface area contributed by atoms with Crippen molar-refractivity contribution < 1.29 is 23.1 Å². The Balaban J connectivity index is 2.21. The maximum atomic E-state index is 12.1. The minimum absolute atomic E-state index is 0.246. The fraction of sp³-hybridized carbons (Fsp3) is 0.533. The molecule has 0 aliphatic rings. The van der Waals surface area contributed by atoms with Gasteiger partial charge in [-0.2, -0.15) is 13.2 Å². The van der Waals surface area contributed by atoms with Crippen molar-refractivity contribution in [3.63, 3.8) is 0 Å². The van der Waals surface area contributed by atoms with Crippen LogP contribution in [0.1, 0.15) is 12.0 Å². The van der Waals surface area contributed by atoms with Gasteiger partial charge in [-0.1, -0.05) is 12.1 Å². The van der Waals surface area contributed by atoms with E-state index in [2.05, 4.69) is 10.6 Å². The molecule has 0 saturated carbocycles. The number of benzene rings is 1. The van der Waals surface area contributed by atoms with Crippen LogP contribution >= 0.6 is 0 Å². The Hall–Kier alpha value is -1.96.